The second-order valence-corrected chi connectivity index (χ2v) is 3.16. The molecule has 1 unspecified atom stereocenters. The molecule has 0 radical (unpaired) electrons. The average molecular weight is 192 g/mol. The first-order valence-corrected chi connectivity index (χ1v) is 4.70. The van der Waals surface area contributed by atoms with Crippen molar-refractivity contribution < 1.29 is 14.3 Å². The molecule has 1 aromatic carbocycles. The summed E-state index contributed by atoms with van der Waals surface area (Å²) in [7, 11) is 0. The van der Waals surface area contributed by atoms with Crippen LogP contribution in [0.4, 0.5) is 0 Å². The second-order valence-electron chi connectivity index (χ2n) is 3.16. The van der Waals surface area contributed by atoms with Crippen molar-refractivity contribution in [1.82, 2.24) is 0 Å². The SMILES string of the molecule is CCOC(=O)c1ccc(C2CO2)cc1. The highest BCUT2D eigenvalue weighted by Crippen LogP contribution is 2.29. The van der Waals surface area contributed by atoms with Crippen LogP contribution in [0.2, 0.25) is 0 Å². The van der Waals surface area contributed by atoms with Crippen LogP contribution in [0.5, 0.6) is 0 Å². The summed E-state index contributed by atoms with van der Waals surface area (Å²) in [6, 6.07) is 7.36. The van der Waals surface area contributed by atoms with E-state index in [2.05, 4.69) is 0 Å². The lowest BCUT2D eigenvalue weighted by molar-refractivity contribution is 0.0526. The van der Waals surface area contributed by atoms with E-state index in [9.17, 15) is 4.79 Å². The van der Waals surface area contributed by atoms with Gasteiger partial charge in [-0.25, -0.2) is 4.79 Å². The van der Waals surface area contributed by atoms with Crippen molar-refractivity contribution in [3.63, 3.8) is 0 Å². The summed E-state index contributed by atoms with van der Waals surface area (Å²) in [4.78, 5) is 11.3. The molecular formula is C11H12O3. The molecule has 0 spiro atoms. The molecule has 0 aromatic heterocycles. The van der Waals surface area contributed by atoms with Gasteiger partial charge in [-0.15, -0.1) is 0 Å². The van der Waals surface area contributed by atoms with Crippen LogP contribution in [-0.2, 0) is 9.47 Å². The summed E-state index contributed by atoms with van der Waals surface area (Å²) in [5.41, 5.74) is 1.72. The predicted octanol–water partition coefficient (Wildman–Crippen LogP) is 1.93. The van der Waals surface area contributed by atoms with Gasteiger partial charge in [-0.1, -0.05) is 12.1 Å². The summed E-state index contributed by atoms with van der Waals surface area (Å²) in [6.45, 7) is 3.00. The van der Waals surface area contributed by atoms with Gasteiger partial charge in [0.05, 0.1) is 18.8 Å². The lowest BCUT2D eigenvalue weighted by atomic mass is 10.1. The van der Waals surface area contributed by atoms with Crippen molar-refractivity contribution in [3.05, 3.63) is 35.4 Å². The van der Waals surface area contributed by atoms with Gasteiger partial charge in [-0.2, -0.15) is 0 Å². The average Bonchev–Trinajstić information content (AvgIpc) is 3.02. The fraction of sp³-hybridized carbons (Fsp3) is 0.364. The van der Waals surface area contributed by atoms with E-state index < -0.39 is 0 Å². The van der Waals surface area contributed by atoms with Crippen molar-refractivity contribution in [2.75, 3.05) is 13.2 Å². The zero-order valence-electron chi connectivity index (χ0n) is 8.03. The van der Waals surface area contributed by atoms with E-state index >= 15 is 0 Å². The minimum absolute atomic E-state index is 0.242. The molecule has 1 fully saturated rings. The largest absolute Gasteiger partial charge is 0.462 e. The van der Waals surface area contributed by atoms with Gasteiger partial charge in [0, 0.05) is 0 Å². The topological polar surface area (TPSA) is 38.8 Å². The third-order valence-corrected chi connectivity index (χ3v) is 2.13. The zero-order valence-corrected chi connectivity index (χ0v) is 8.03. The van der Waals surface area contributed by atoms with E-state index in [1.807, 2.05) is 12.1 Å². The van der Waals surface area contributed by atoms with Crippen molar-refractivity contribution in [1.29, 1.82) is 0 Å². The molecule has 1 aliphatic rings. The van der Waals surface area contributed by atoms with Crippen LogP contribution in [0.25, 0.3) is 0 Å². The fourth-order valence-electron chi connectivity index (χ4n) is 1.29. The quantitative estimate of drug-likeness (QED) is 0.542. The Morgan fingerprint density at radius 3 is 2.64 bits per heavy atom. The highest BCUT2D eigenvalue weighted by Gasteiger charge is 2.24. The molecule has 0 saturated carbocycles. The van der Waals surface area contributed by atoms with E-state index in [-0.39, 0.29) is 12.1 Å². The molecular weight excluding hydrogens is 180 g/mol. The zero-order chi connectivity index (χ0) is 9.97. The van der Waals surface area contributed by atoms with Crippen LogP contribution >= 0.6 is 0 Å². The standard InChI is InChI=1S/C11H12O3/c1-2-13-11(12)9-5-3-8(4-6-9)10-7-14-10/h3-6,10H,2,7H2,1H3. The molecule has 1 atom stereocenters. The molecule has 2 rings (SSSR count). The Kier molecular flexibility index (Phi) is 2.50. The Labute approximate surface area is 82.6 Å². The molecule has 0 N–H and O–H groups in total. The maximum atomic E-state index is 11.3. The van der Waals surface area contributed by atoms with Crippen LogP contribution in [0.1, 0.15) is 28.9 Å². The van der Waals surface area contributed by atoms with Crippen molar-refractivity contribution in [2.45, 2.75) is 13.0 Å². The Balaban J connectivity index is 2.08. The molecule has 14 heavy (non-hydrogen) atoms. The molecule has 0 aliphatic carbocycles. The number of epoxide rings is 1. The number of benzene rings is 1. The molecule has 74 valence electrons. The minimum atomic E-state index is -0.268. The molecule has 0 bridgehead atoms. The molecule has 1 saturated heterocycles. The Bertz CT molecular complexity index is 325. The number of ether oxygens (including phenoxy) is 2. The van der Waals surface area contributed by atoms with Crippen LogP contribution in [0.3, 0.4) is 0 Å². The second kappa shape index (κ2) is 3.80. The third-order valence-electron chi connectivity index (χ3n) is 2.13. The summed E-state index contributed by atoms with van der Waals surface area (Å²) in [5, 5.41) is 0. The predicted molar refractivity (Wildman–Crippen MR) is 51.1 cm³/mol. The first-order valence-electron chi connectivity index (χ1n) is 4.70. The smallest absolute Gasteiger partial charge is 0.338 e. The van der Waals surface area contributed by atoms with Gasteiger partial charge in [0.15, 0.2) is 0 Å². The molecule has 1 aromatic rings. The van der Waals surface area contributed by atoms with E-state index in [1.165, 1.54) is 0 Å². The van der Waals surface area contributed by atoms with E-state index in [0.29, 0.717) is 12.2 Å². The van der Waals surface area contributed by atoms with Crippen LogP contribution in [0.15, 0.2) is 24.3 Å². The maximum Gasteiger partial charge on any atom is 0.338 e. The number of carbonyl (C=O) groups excluding carboxylic acids is 1. The monoisotopic (exact) mass is 192 g/mol. The number of rotatable bonds is 3. The van der Waals surface area contributed by atoms with E-state index in [4.69, 9.17) is 9.47 Å². The Hall–Kier alpha value is -1.35. The van der Waals surface area contributed by atoms with Crippen LogP contribution in [-0.4, -0.2) is 19.2 Å². The normalized spacial score (nSPS) is 19.1. The van der Waals surface area contributed by atoms with Gasteiger partial charge in [0.25, 0.3) is 0 Å². The number of hydrogen-bond acceptors (Lipinski definition) is 3. The first-order chi connectivity index (χ1) is 6.81. The molecule has 3 nitrogen and oxygen atoms in total. The molecule has 1 heterocycles. The summed E-state index contributed by atoms with van der Waals surface area (Å²) >= 11 is 0. The number of esters is 1. The van der Waals surface area contributed by atoms with Crippen molar-refractivity contribution >= 4 is 5.97 Å². The van der Waals surface area contributed by atoms with Crippen LogP contribution < -0.4 is 0 Å². The van der Waals surface area contributed by atoms with Crippen molar-refractivity contribution in [3.8, 4) is 0 Å². The summed E-state index contributed by atoms with van der Waals surface area (Å²) in [5.74, 6) is -0.268. The Morgan fingerprint density at radius 2 is 2.14 bits per heavy atom. The summed E-state index contributed by atoms with van der Waals surface area (Å²) < 4.78 is 10.00. The fourth-order valence-corrected chi connectivity index (χ4v) is 1.29. The van der Waals surface area contributed by atoms with Gasteiger partial charge in [0.2, 0.25) is 0 Å². The van der Waals surface area contributed by atoms with Gasteiger partial charge < -0.3 is 9.47 Å². The number of carbonyl (C=O) groups is 1. The maximum absolute atomic E-state index is 11.3. The van der Waals surface area contributed by atoms with Crippen LogP contribution in [0, 0.1) is 0 Å². The first kappa shape index (κ1) is 9.21. The third kappa shape index (κ3) is 1.93. The lowest BCUT2D eigenvalue weighted by Crippen LogP contribution is -2.04. The minimum Gasteiger partial charge on any atom is -0.462 e. The summed E-state index contributed by atoms with van der Waals surface area (Å²) in [6.07, 6.45) is 0.242. The van der Waals surface area contributed by atoms with Gasteiger partial charge >= 0.3 is 5.97 Å². The van der Waals surface area contributed by atoms with Gasteiger partial charge in [-0.05, 0) is 24.6 Å². The molecule has 3 heteroatoms. The van der Waals surface area contributed by atoms with E-state index in [1.54, 1.807) is 19.1 Å². The Morgan fingerprint density at radius 1 is 1.50 bits per heavy atom. The van der Waals surface area contributed by atoms with Crippen molar-refractivity contribution in [2.24, 2.45) is 0 Å². The highest BCUT2D eigenvalue weighted by atomic mass is 16.6. The van der Waals surface area contributed by atoms with Gasteiger partial charge in [-0.3, -0.25) is 0 Å². The van der Waals surface area contributed by atoms with E-state index in [0.717, 1.165) is 12.2 Å². The molecule has 1 aliphatic heterocycles. The van der Waals surface area contributed by atoms with Gasteiger partial charge in [0.1, 0.15) is 6.10 Å². The highest BCUT2D eigenvalue weighted by molar-refractivity contribution is 5.89. The lowest BCUT2D eigenvalue weighted by Gasteiger charge is -2.01. The number of hydrogen-bond donors (Lipinski definition) is 0. The molecule has 0 amide bonds.